The lowest BCUT2D eigenvalue weighted by Gasteiger charge is -2.29. The van der Waals surface area contributed by atoms with E-state index >= 15 is 0 Å². The Balaban J connectivity index is 4.11. The molecule has 0 aromatic carbocycles. The van der Waals surface area contributed by atoms with Crippen LogP contribution in [0.3, 0.4) is 0 Å². The molecule has 0 aliphatic carbocycles. The van der Waals surface area contributed by atoms with Crippen LogP contribution in [0.15, 0.2) is 4.99 Å². The van der Waals surface area contributed by atoms with E-state index in [1.807, 2.05) is 6.21 Å². The summed E-state index contributed by atoms with van der Waals surface area (Å²) in [5.41, 5.74) is 0.538. The first-order chi connectivity index (χ1) is 6.91. The van der Waals surface area contributed by atoms with Crippen molar-refractivity contribution in [3.63, 3.8) is 0 Å². The van der Waals surface area contributed by atoms with Crippen LogP contribution in [0.2, 0.25) is 0 Å². The number of nitrogens with one attached hydrogen (secondary N) is 1. The quantitative estimate of drug-likeness (QED) is 0.727. The van der Waals surface area contributed by atoms with Crippen LogP contribution in [0.1, 0.15) is 61.8 Å². The van der Waals surface area contributed by atoms with Crippen molar-refractivity contribution in [3.8, 4) is 0 Å². The minimum absolute atomic E-state index is 0.0395. The first kappa shape index (κ1) is 15.6. The van der Waals surface area contributed by atoms with E-state index in [0.29, 0.717) is 5.41 Å². The summed E-state index contributed by atoms with van der Waals surface area (Å²) in [6, 6.07) is 0. The fourth-order valence-corrected chi connectivity index (χ4v) is 1.99. The molecule has 0 unspecified atom stereocenters. The zero-order valence-electron chi connectivity index (χ0n) is 12.4. The van der Waals surface area contributed by atoms with Crippen LogP contribution in [0.5, 0.6) is 0 Å². The Bertz CT molecular complexity index is 226. The molecule has 0 aromatic heterocycles. The Hall–Kier alpha value is -0.370. The molecule has 0 amide bonds. The van der Waals surface area contributed by atoms with Gasteiger partial charge in [0.25, 0.3) is 0 Å². The molecule has 0 saturated carbocycles. The lowest BCUT2D eigenvalue weighted by atomic mass is 9.82. The fraction of sp³-hybridized carbons (Fsp3) is 0.929. The van der Waals surface area contributed by atoms with Gasteiger partial charge in [-0.05, 0) is 46.5 Å². The summed E-state index contributed by atoms with van der Waals surface area (Å²) in [5.74, 6) is 0. The number of aliphatic imine (C=N–C) groups is 1. The molecule has 0 fully saturated rings. The molecular weight excluding hydrogens is 196 g/mol. The van der Waals surface area contributed by atoms with Crippen molar-refractivity contribution in [2.45, 2.75) is 72.9 Å². The summed E-state index contributed by atoms with van der Waals surface area (Å²) in [4.78, 5) is 4.66. The predicted octanol–water partition coefficient (Wildman–Crippen LogP) is 3.66. The molecule has 0 aliphatic rings. The Morgan fingerprint density at radius 2 is 1.44 bits per heavy atom. The summed E-state index contributed by atoms with van der Waals surface area (Å²) < 4.78 is 0. The second-order valence-corrected chi connectivity index (χ2v) is 7.49. The lowest BCUT2D eigenvalue weighted by Crippen LogP contribution is -2.37. The third-order valence-corrected chi connectivity index (χ3v) is 2.13. The summed E-state index contributed by atoms with van der Waals surface area (Å²) in [7, 11) is 0. The number of rotatable bonds is 4. The molecule has 0 atom stereocenters. The normalized spacial score (nSPS) is 14.8. The molecule has 0 saturated heterocycles. The average molecular weight is 226 g/mol. The second kappa shape index (κ2) is 5.31. The van der Waals surface area contributed by atoms with Gasteiger partial charge in [0.05, 0.1) is 5.54 Å². The van der Waals surface area contributed by atoms with Gasteiger partial charge in [-0.25, -0.2) is 0 Å². The largest absolute Gasteiger partial charge is 0.307 e. The van der Waals surface area contributed by atoms with Crippen LogP contribution in [-0.4, -0.2) is 23.8 Å². The summed E-state index contributed by atoms with van der Waals surface area (Å²) in [6.45, 7) is 18.5. The average Bonchev–Trinajstić information content (AvgIpc) is 1.91. The van der Waals surface area contributed by atoms with Gasteiger partial charge < -0.3 is 5.32 Å². The van der Waals surface area contributed by atoms with Crippen LogP contribution >= 0.6 is 0 Å². The minimum Gasteiger partial charge on any atom is -0.307 e. The van der Waals surface area contributed by atoms with Crippen LogP contribution < -0.4 is 5.32 Å². The molecule has 0 rings (SSSR count). The maximum atomic E-state index is 4.66. The van der Waals surface area contributed by atoms with Crippen LogP contribution in [-0.2, 0) is 0 Å². The van der Waals surface area contributed by atoms with E-state index in [9.17, 15) is 0 Å². The van der Waals surface area contributed by atoms with Gasteiger partial charge in [0.15, 0.2) is 0 Å². The molecule has 2 heteroatoms. The SMILES string of the molecule is CC(C)(C)CC(C)(C)N=CCNC(C)(C)C. The highest BCUT2D eigenvalue weighted by atomic mass is 15.0. The van der Waals surface area contributed by atoms with Crippen molar-refractivity contribution < 1.29 is 0 Å². The van der Waals surface area contributed by atoms with Crippen molar-refractivity contribution in [2.24, 2.45) is 10.4 Å². The van der Waals surface area contributed by atoms with Crippen LogP contribution in [0, 0.1) is 5.41 Å². The minimum atomic E-state index is 0.0395. The van der Waals surface area contributed by atoms with Crippen LogP contribution in [0.25, 0.3) is 0 Å². The highest BCUT2D eigenvalue weighted by Gasteiger charge is 2.23. The molecule has 0 spiro atoms. The zero-order chi connectivity index (χ0) is 13.0. The van der Waals surface area contributed by atoms with Crippen molar-refractivity contribution in [1.82, 2.24) is 5.32 Å². The Labute approximate surface area is 102 Å². The predicted molar refractivity (Wildman–Crippen MR) is 74.4 cm³/mol. The topological polar surface area (TPSA) is 24.4 Å². The van der Waals surface area contributed by atoms with Crippen molar-refractivity contribution in [2.75, 3.05) is 6.54 Å². The molecule has 1 N–H and O–H groups in total. The first-order valence-corrected chi connectivity index (χ1v) is 6.20. The maximum absolute atomic E-state index is 4.66. The molecule has 2 nitrogen and oxygen atoms in total. The van der Waals surface area contributed by atoms with Gasteiger partial charge in [-0.2, -0.15) is 0 Å². The Morgan fingerprint density at radius 3 is 1.81 bits per heavy atom. The van der Waals surface area contributed by atoms with Gasteiger partial charge in [0.1, 0.15) is 0 Å². The number of nitrogens with zero attached hydrogens (tertiary/aromatic N) is 1. The zero-order valence-corrected chi connectivity index (χ0v) is 12.4. The standard InChI is InChI=1S/C14H30N2/c1-12(2,3)11-14(7,8)16-10-9-15-13(4,5)6/h10,15H,9,11H2,1-8H3. The molecule has 0 bridgehead atoms. The van der Waals surface area contributed by atoms with Gasteiger partial charge in [-0.15, -0.1) is 0 Å². The van der Waals surface area contributed by atoms with Gasteiger partial charge in [-0.3, -0.25) is 4.99 Å². The summed E-state index contributed by atoms with van der Waals surface area (Å²) in [6.07, 6.45) is 3.11. The van der Waals surface area contributed by atoms with E-state index in [1.54, 1.807) is 0 Å². The van der Waals surface area contributed by atoms with Crippen molar-refractivity contribution in [1.29, 1.82) is 0 Å². The van der Waals surface area contributed by atoms with E-state index in [0.717, 1.165) is 13.0 Å². The molecule has 0 aliphatic heterocycles. The highest BCUT2D eigenvalue weighted by Crippen LogP contribution is 2.29. The molecule has 96 valence electrons. The molecule has 0 heterocycles. The fourth-order valence-electron chi connectivity index (χ4n) is 1.99. The first-order valence-electron chi connectivity index (χ1n) is 6.20. The van der Waals surface area contributed by atoms with Gasteiger partial charge in [0.2, 0.25) is 0 Å². The summed E-state index contributed by atoms with van der Waals surface area (Å²) >= 11 is 0. The number of hydrogen-bond acceptors (Lipinski definition) is 2. The van der Waals surface area contributed by atoms with E-state index in [4.69, 9.17) is 0 Å². The van der Waals surface area contributed by atoms with E-state index in [2.05, 4.69) is 65.7 Å². The molecular formula is C14H30N2. The highest BCUT2D eigenvalue weighted by molar-refractivity contribution is 5.60. The van der Waals surface area contributed by atoms with Gasteiger partial charge in [-0.1, -0.05) is 20.8 Å². The second-order valence-electron chi connectivity index (χ2n) is 7.49. The third kappa shape index (κ3) is 10.2. The van der Waals surface area contributed by atoms with Crippen molar-refractivity contribution >= 4 is 6.21 Å². The van der Waals surface area contributed by atoms with Gasteiger partial charge in [0, 0.05) is 18.3 Å². The molecule has 16 heavy (non-hydrogen) atoms. The lowest BCUT2D eigenvalue weighted by molar-refractivity contribution is 0.288. The van der Waals surface area contributed by atoms with Crippen molar-refractivity contribution in [3.05, 3.63) is 0 Å². The Kier molecular flexibility index (Phi) is 5.18. The smallest absolute Gasteiger partial charge is 0.0553 e. The third-order valence-electron chi connectivity index (χ3n) is 2.13. The number of hydrogen-bond donors (Lipinski definition) is 1. The van der Waals surface area contributed by atoms with Crippen LogP contribution in [0.4, 0.5) is 0 Å². The van der Waals surface area contributed by atoms with Gasteiger partial charge >= 0.3 is 0 Å². The monoisotopic (exact) mass is 226 g/mol. The maximum Gasteiger partial charge on any atom is 0.0553 e. The van der Waals surface area contributed by atoms with E-state index < -0.39 is 0 Å². The van der Waals surface area contributed by atoms with E-state index in [-0.39, 0.29) is 11.1 Å². The molecule has 0 radical (unpaired) electrons. The molecule has 0 aromatic rings. The summed E-state index contributed by atoms with van der Waals surface area (Å²) in [5, 5.41) is 3.41. The van der Waals surface area contributed by atoms with E-state index in [1.165, 1.54) is 0 Å². The Morgan fingerprint density at radius 1 is 0.938 bits per heavy atom.